The monoisotopic (exact) mass is 468 g/mol. The van der Waals surface area contributed by atoms with Crippen LogP contribution in [0.4, 0.5) is 43.9 Å². The molecule has 0 saturated carbocycles. The van der Waals surface area contributed by atoms with Crippen LogP contribution >= 0.6 is 0 Å². The second-order valence-corrected chi connectivity index (χ2v) is 6.68. The first-order chi connectivity index (χ1) is 13.1. The molecule has 0 aliphatic heterocycles. The lowest BCUT2D eigenvalue weighted by molar-refractivity contribution is -0.470. The van der Waals surface area contributed by atoms with Crippen molar-refractivity contribution in [3.05, 3.63) is 12.7 Å². The van der Waals surface area contributed by atoms with Gasteiger partial charge in [0.25, 0.3) is 6.36 Å². The second-order valence-electron chi connectivity index (χ2n) is 6.68. The van der Waals surface area contributed by atoms with E-state index in [-0.39, 0.29) is 11.7 Å². The summed E-state index contributed by atoms with van der Waals surface area (Å²) >= 11 is 0. The van der Waals surface area contributed by atoms with Gasteiger partial charge in [0.15, 0.2) is 5.78 Å². The summed E-state index contributed by atoms with van der Waals surface area (Å²) in [4.78, 5) is 10.4. The molecule has 30 heavy (non-hydrogen) atoms. The molecular weight excluding hydrogens is 446 g/mol. The summed E-state index contributed by atoms with van der Waals surface area (Å²) in [6, 6.07) is 0. The SMILES string of the molecule is C=CC(=O)C(C)C.CC(C)(CCO)OC(F)(F)C(F)OC(F)(F)C(F)(F)C(F)(F)F. The first-order valence-electron chi connectivity index (χ1n) is 8.07. The summed E-state index contributed by atoms with van der Waals surface area (Å²) in [5.74, 6) is -6.70. The van der Waals surface area contributed by atoms with Gasteiger partial charge in [-0.25, -0.2) is 4.39 Å². The highest BCUT2D eigenvalue weighted by atomic mass is 19.4. The molecule has 0 aromatic rings. The lowest BCUT2D eigenvalue weighted by Gasteiger charge is -2.34. The lowest BCUT2D eigenvalue weighted by Crippen LogP contribution is -2.56. The Morgan fingerprint density at radius 2 is 1.47 bits per heavy atom. The number of halogens is 10. The third-order valence-corrected chi connectivity index (χ3v) is 3.13. The van der Waals surface area contributed by atoms with Crippen molar-refractivity contribution < 1.29 is 63.3 Å². The fourth-order valence-corrected chi connectivity index (χ4v) is 1.41. The molecule has 0 bridgehead atoms. The van der Waals surface area contributed by atoms with E-state index in [1.54, 1.807) is 0 Å². The van der Waals surface area contributed by atoms with Crippen LogP contribution < -0.4 is 0 Å². The number of carbonyl (C=O) groups excluding carboxylic acids is 1. The van der Waals surface area contributed by atoms with Gasteiger partial charge >= 0.3 is 24.3 Å². The van der Waals surface area contributed by atoms with Gasteiger partial charge in [-0.15, -0.1) is 0 Å². The van der Waals surface area contributed by atoms with E-state index in [0.717, 1.165) is 13.8 Å². The third-order valence-electron chi connectivity index (χ3n) is 3.13. The highest BCUT2D eigenvalue weighted by Crippen LogP contribution is 2.48. The number of alkyl halides is 10. The van der Waals surface area contributed by atoms with Crippen LogP contribution in [0.1, 0.15) is 34.1 Å². The smallest absolute Gasteiger partial charge is 0.396 e. The summed E-state index contributed by atoms with van der Waals surface area (Å²) in [7, 11) is 0. The molecule has 0 aromatic heterocycles. The average Bonchev–Trinajstić information content (AvgIpc) is 2.51. The number of carbonyl (C=O) groups is 1. The Morgan fingerprint density at radius 3 is 1.73 bits per heavy atom. The maximum Gasteiger partial charge on any atom is 0.462 e. The fourth-order valence-electron chi connectivity index (χ4n) is 1.41. The molecule has 14 heteroatoms. The number of hydrogen-bond acceptors (Lipinski definition) is 4. The van der Waals surface area contributed by atoms with Crippen molar-refractivity contribution in [2.75, 3.05) is 6.61 Å². The summed E-state index contributed by atoms with van der Waals surface area (Å²) in [6.07, 6.45) is -22.6. The molecule has 0 aliphatic carbocycles. The summed E-state index contributed by atoms with van der Waals surface area (Å²) in [5.41, 5.74) is -2.02. The normalized spacial score (nSPS) is 14.8. The molecule has 0 aliphatic rings. The van der Waals surface area contributed by atoms with Crippen molar-refractivity contribution in [1.82, 2.24) is 0 Å². The van der Waals surface area contributed by atoms with E-state index in [1.807, 2.05) is 13.8 Å². The van der Waals surface area contributed by atoms with Gasteiger partial charge in [0.1, 0.15) is 0 Å². The molecule has 0 rings (SSSR count). The van der Waals surface area contributed by atoms with Crippen LogP contribution in [0.25, 0.3) is 0 Å². The molecule has 4 nitrogen and oxygen atoms in total. The van der Waals surface area contributed by atoms with E-state index >= 15 is 0 Å². The minimum absolute atomic E-state index is 0.109. The first-order valence-corrected chi connectivity index (χ1v) is 8.07. The predicted molar refractivity (Wildman–Crippen MR) is 83.8 cm³/mol. The number of ether oxygens (including phenoxy) is 2. The van der Waals surface area contributed by atoms with Crippen LogP contribution in [-0.4, -0.2) is 53.8 Å². The zero-order valence-electron chi connectivity index (χ0n) is 16.3. The van der Waals surface area contributed by atoms with Crippen LogP contribution in [0.15, 0.2) is 12.7 Å². The van der Waals surface area contributed by atoms with E-state index in [0.29, 0.717) is 0 Å². The van der Waals surface area contributed by atoms with Gasteiger partial charge in [0.2, 0.25) is 0 Å². The van der Waals surface area contributed by atoms with Crippen molar-refractivity contribution in [2.24, 2.45) is 5.92 Å². The molecule has 0 saturated heterocycles. The van der Waals surface area contributed by atoms with E-state index in [2.05, 4.69) is 16.1 Å². The minimum Gasteiger partial charge on any atom is -0.396 e. The van der Waals surface area contributed by atoms with Gasteiger partial charge in [-0.2, -0.15) is 39.5 Å². The van der Waals surface area contributed by atoms with Crippen molar-refractivity contribution in [3.8, 4) is 0 Å². The van der Waals surface area contributed by atoms with Crippen LogP contribution in [-0.2, 0) is 14.3 Å². The summed E-state index contributed by atoms with van der Waals surface area (Å²) in [6.45, 7) is 7.99. The van der Waals surface area contributed by atoms with E-state index in [4.69, 9.17) is 5.11 Å². The Bertz CT molecular complexity index is 559. The third kappa shape index (κ3) is 9.16. The summed E-state index contributed by atoms with van der Waals surface area (Å²) < 4.78 is 131. The molecule has 0 radical (unpaired) electrons. The van der Waals surface area contributed by atoms with Crippen molar-refractivity contribution in [2.45, 2.75) is 70.4 Å². The zero-order valence-corrected chi connectivity index (χ0v) is 16.3. The number of aliphatic hydroxyl groups is 1. The second kappa shape index (κ2) is 10.8. The van der Waals surface area contributed by atoms with Crippen LogP contribution in [0, 0.1) is 5.92 Å². The molecule has 1 N–H and O–H groups in total. The fraction of sp³-hybridized carbons (Fsp3) is 0.812. The predicted octanol–water partition coefficient (Wildman–Crippen LogP) is 5.26. The molecule has 1 unspecified atom stereocenters. The van der Waals surface area contributed by atoms with Gasteiger partial charge in [0, 0.05) is 12.5 Å². The largest absolute Gasteiger partial charge is 0.462 e. The Balaban J connectivity index is 0. The van der Waals surface area contributed by atoms with E-state index in [9.17, 15) is 48.7 Å². The maximum atomic E-state index is 13.2. The minimum atomic E-state index is -6.92. The molecule has 0 aromatic carbocycles. The number of hydrogen-bond donors (Lipinski definition) is 1. The Hall–Kier alpha value is -1.41. The number of rotatable bonds is 10. The average molecular weight is 468 g/mol. The van der Waals surface area contributed by atoms with E-state index in [1.165, 1.54) is 6.08 Å². The highest BCUT2D eigenvalue weighted by Gasteiger charge is 2.76. The maximum absolute atomic E-state index is 13.2. The van der Waals surface area contributed by atoms with Gasteiger partial charge in [-0.05, 0) is 26.3 Å². The van der Waals surface area contributed by atoms with Gasteiger partial charge in [-0.1, -0.05) is 20.4 Å². The molecule has 1 atom stereocenters. The van der Waals surface area contributed by atoms with Crippen molar-refractivity contribution in [1.29, 1.82) is 0 Å². The Labute approximate surface area is 165 Å². The standard InChI is InChI=1S/C10H12F10O3.C6H10O/c1-6(2,3-4-21)23-7(12,13)5(11)22-10(19,20)8(14,15)9(16,17)18;1-4-6(7)5(2)3/h5,21H,3-4H2,1-2H3;4-5H,1H2,2-3H3. The number of aliphatic hydroxyl groups excluding tert-OH is 1. The molecule has 0 fully saturated rings. The topological polar surface area (TPSA) is 55.8 Å². The molecule has 0 spiro atoms. The van der Waals surface area contributed by atoms with Crippen LogP contribution in [0.2, 0.25) is 0 Å². The Kier molecular flexibility index (Phi) is 11.0. The molecule has 0 heterocycles. The van der Waals surface area contributed by atoms with Crippen molar-refractivity contribution in [3.63, 3.8) is 0 Å². The summed E-state index contributed by atoms with van der Waals surface area (Å²) in [5, 5.41) is 8.53. The lowest BCUT2D eigenvalue weighted by atomic mass is 10.1. The zero-order chi connectivity index (χ0) is 24.8. The number of allylic oxidation sites excluding steroid dienone is 1. The van der Waals surface area contributed by atoms with Gasteiger partial charge in [-0.3, -0.25) is 9.53 Å². The van der Waals surface area contributed by atoms with E-state index < -0.39 is 49.3 Å². The molecular formula is C16H22F10O4. The molecule has 0 amide bonds. The highest BCUT2D eigenvalue weighted by molar-refractivity contribution is 5.90. The Morgan fingerprint density at radius 1 is 1.03 bits per heavy atom. The van der Waals surface area contributed by atoms with Crippen LogP contribution in [0.3, 0.4) is 0 Å². The van der Waals surface area contributed by atoms with Gasteiger partial charge < -0.3 is 9.84 Å². The van der Waals surface area contributed by atoms with Gasteiger partial charge in [0.05, 0.1) is 5.60 Å². The molecule has 180 valence electrons. The van der Waals surface area contributed by atoms with Crippen LogP contribution in [0.5, 0.6) is 0 Å². The quantitative estimate of drug-likeness (QED) is 0.351. The number of ketones is 1. The van der Waals surface area contributed by atoms with Crippen molar-refractivity contribution >= 4 is 5.78 Å². The first kappa shape index (κ1) is 30.8.